The predicted octanol–water partition coefficient (Wildman–Crippen LogP) is 4.20. The first-order valence-corrected chi connectivity index (χ1v) is 9.62. The molecule has 0 atom stereocenters. The largest absolute Gasteiger partial charge is 0.491 e. The Morgan fingerprint density at radius 1 is 0.704 bits per heavy atom. The summed E-state index contributed by atoms with van der Waals surface area (Å²) in [4.78, 5) is 0. The second-order valence-corrected chi connectivity index (χ2v) is 7.07. The summed E-state index contributed by atoms with van der Waals surface area (Å²) in [6.07, 6.45) is 0.992. The monoisotopic (exact) mass is 372 g/mol. The normalized spacial score (nSPS) is 11.1. The van der Waals surface area contributed by atoms with Crippen LogP contribution in [0.2, 0.25) is 0 Å². The lowest BCUT2D eigenvalue weighted by Gasteiger charge is -2.22. The second kappa shape index (κ2) is 9.77. The van der Waals surface area contributed by atoms with Gasteiger partial charge in [0, 0.05) is 5.92 Å². The SMILES string of the molecule is CCC(c1cc(C)c(OCCO)c(C)c1)c1cc(C)c(OCCO)c(C)c1. The van der Waals surface area contributed by atoms with Crippen LogP contribution in [0.4, 0.5) is 0 Å². The quantitative estimate of drug-likeness (QED) is 0.692. The van der Waals surface area contributed by atoms with E-state index in [-0.39, 0.29) is 13.2 Å². The molecular formula is C23H32O4. The molecule has 2 rings (SSSR count). The first kappa shape index (κ1) is 21.3. The van der Waals surface area contributed by atoms with Gasteiger partial charge >= 0.3 is 0 Å². The number of hydrogen-bond acceptors (Lipinski definition) is 4. The van der Waals surface area contributed by atoms with Crippen LogP contribution in [0.25, 0.3) is 0 Å². The van der Waals surface area contributed by atoms with E-state index in [1.165, 1.54) is 11.1 Å². The highest BCUT2D eigenvalue weighted by Crippen LogP contribution is 2.36. The maximum absolute atomic E-state index is 9.02. The number of aliphatic hydroxyl groups is 2. The fourth-order valence-corrected chi connectivity index (χ4v) is 3.78. The van der Waals surface area contributed by atoms with E-state index < -0.39 is 0 Å². The van der Waals surface area contributed by atoms with Gasteiger partial charge in [-0.05, 0) is 67.5 Å². The predicted molar refractivity (Wildman–Crippen MR) is 109 cm³/mol. The van der Waals surface area contributed by atoms with Crippen molar-refractivity contribution in [3.05, 3.63) is 57.6 Å². The van der Waals surface area contributed by atoms with Crippen molar-refractivity contribution in [2.75, 3.05) is 26.4 Å². The van der Waals surface area contributed by atoms with Gasteiger partial charge in [-0.25, -0.2) is 0 Å². The van der Waals surface area contributed by atoms with Crippen LogP contribution in [-0.4, -0.2) is 36.6 Å². The van der Waals surface area contributed by atoms with Crippen molar-refractivity contribution in [1.29, 1.82) is 0 Å². The van der Waals surface area contributed by atoms with Crippen molar-refractivity contribution in [2.45, 2.75) is 47.0 Å². The molecule has 27 heavy (non-hydrogen) atoms. The lowest BCUT2D eigenvalue weighted by atomic mass is 9.85. The molecule has 0 amide bonds. The van der Waals surface area contributed by atoms with Crippen molar-refractivity contribution in [1.82, 2.24) is 0 Å². The molecule has 0 bridgehead atoms. The highest BCUT2D eigenvalue weighted by atomic mass is 16.5. The summed E-state index contributed by atoms with van der Waals surface area (Å²) in [7, 11) is 0. The molecule has 2 N–H and O–H groups in total. The highest BCUT2D eigenvalue weighted by Gasteiger charge is 2.18. The molecule has 0 unspecified atom stereocenters. The van der Waals surface area contributed by atoms with Crippen LogP contribution < -0.4 is 9.47 Å². The van der Waals surface area contributed by atoms with Gasteiger partial charge in [0.1, 0.15) is 24.7 Å². The molecule has 0 saturated carbocycles. The number of aliphatic hydroxyl groups excluding tert-OH is 2. The Bertz CT molecular complexity index is 657. The van der Waals surface area contributed by atoms with Gasteiger partial charge in [0.25, 0.3) is 0 Å². The average molecular weight is 373 g/mol. The van der Waals surface area contributed by atoms with E-state index in [1.54, 1.807) is 0 Å². The van der Waals surface area contributed by atoms with Gasteiger partial charge in [0.2, 0.25) is 0 Å². The van der Waals surface area contributed by atoms with Crippen LogP contribution in [0.5, 0.6) is 11.5 Å². The van der Waals surface area contributed by atoms with E-state index in [9.17, 15) is 0 Å². The maximum atomic E-state index is 9.02. The van der Waals surface area contributed by atoms with Crippen molar-refractivity contribution in [3.63, 3.8) is 0 Å². The van der Waals surface area contributed by atoms with Gasteiger partial charge < -0.3 is 19.7 Å². The third kappa shape index (κ3) is 5.02. The fourth-order valence-electron chi connectivity index (χ4n) is 3.78. The standard InChI is InChI=1S/C23H32O4/c1-6-21(19-11-15(2)22(16(3)12-19)26-9-7-24)20-13-17(4)23(18(5)14-20)27-10-8-25/h11-14,21,24-25H,6-10H2,1-5H3. The zero-order valence-corrected chi connectivity index (χ0v) is 17.1. The van der Waals surface area contributed by atoms with Crippen molar-refractivity contribution >= 4 is 0 Å². The molecule has 0 aliphatic rings. The van der Waals surface area contributed by atoms with E-state index >= 15 is 0 Å². The van der Waals surface area contributed by atoms with E-state index in [0.717, 1.165) is 40.2 Å². The van der Waals surface area contributed by atoms with Crippen molar-refractivity contribution in [2.24, 2.45) is 0 Å². The third-order valence-electron chi connectivity index (χ3n) is 4.85. The first-order valence-electron chi connectivity index (χ1n) is 9.62. The minimum absolute atomic E-state index is 0.0153. The topological polar surface area (TPSA) is 58.9 Å². The minimum atomic E-state index is 0.0153. The molecule has 4 nitrogen and oxygen atoms in total. The van der Waals surface area contributed by atoms with E-state index in [2.05, 4.69) is 58.9 Å². The summed E-state index contributed by atoms with van der Waals surface area (Å²) in [5.41, 5.74) is 6.90. The van der Waals surface area contributed by atoms with Crippen LogP contribution in [-0.2, 0) is 0 Å². The second-order valence-electron chi connectivity index (χ2n) is 7.07. The lowest BCUT2D eigenvalue weighted by molar-refractivity contribution is 0.200. The Morgan fingerprint density at radius 3 is 1.30 bits per heavy atom. The zero-order chi connectivity index (χ0) is 20.0. The molecule has 0 fully saturated rings. The Morgan fingerprint density at radius 2 is 1.04 bits per heavy atom. The van der Waals surface area contributed by atoms with Crippen LogP contribution in [0.1, 0.15) is 52.6 Å². The maximum Gasteiger partial charge on any atom is 0.125 e. The molecule has 2 aromatic rings. The summed E-state index contributed by atoms with van der Waals surface area (Å²) in [6, 6.07) is 8.76. The minimum Gasteiger partial charge on any atom is -0.491 e. The van der Waals surface area contributed by atoms with Crippen LogP contribution in [0.3, 0.4) is 0 Å². The van der Waals surface area contributed by atoms with Crippen LogP contribution in [0.15, 0.2) is 24.3 Å². The fraction of sp³-hybridized carbons (Fsp3) is 0.478. The smallest absolute Gasteiger partial charge is 0.125 e. The summed E-state index contributed by atoms with van der Waals surface area (Å²) < 4.78 is 11.4. The summed E-state index contributed by atoms with van der Waals surface area (Å²) in [5, 5.41) is 18.0. The molecule has 0 aromatic heterocycles. The molecule has 0 radical (unpaired) electrons. The van der Waals surface area contributed by atoms with Gasteiger partial charge in [-0.1, -0.05) is 31.2 Å². The molecule has 0 spiro atoms. The number of aryl methyl sites for hydroxylation is 4. The Labute approximate surface area is 162 Å². The third-order valence-corrected chi connectivity index (χ3v) is 4.85. The number of hydrogen-bond donors (Lipinski definition) is 2. The lowest BCUT2D eigenvalue weighted by Crippen LogP contribution is -2.08. The number of benzene rings is 2. The molecular weight excluding hydrogens is 340 g/mol. The zero-order valence-electron chi connectivity index (χ0n) is 17.1. The van der Waals surface area contributed by atoms with Crippen LogP contribution >= 0.6 is 0 Å². The number of ether oxygens (including phenoxy) is 2. The Balaban J connectivity index is 2.39. The van der Waals surface area contributed by atoms with Gasteiger partial charge in [-0.3, -0.25) is 0 Å². The van der Waals surface area contributed by atoms with E-state index in [0.29, 0.717) is 19.1 Å². The average Bonchev–Trinajstić information content (AvgIpc) is 2.61. The number of rotatable bonds is 9. The molecule has 148 valence electrons. The molecule has 2 aromatic carbocycles. The van der Waals surface area contributed by atoms with Crippen LogP contribution in [0, 0.1) is 27.7 Å². The van der Waals surface area contributed by atoms with Gasteiger partial charge in [-0.15, -0.1) is 0 Å². The molecule has 0 saturated heterocycles. The molecule has 0 aliphatic heterocycles. The van der Waals surface area contributed by atoms with E-state index in [4.69, 9.17) is 19.7 Å². The first-order chi connectivity index (χ1) is 12.9. The Hall–Kier alpha value is -2.04. The molecule has 0 aliphatic carbocycles. The Kier molecular flexibility index (Phi) is 7.69. The van der Waals surface area contributed by atoms with Gasteiger partial charge in [0.05, 0.1) is 13.2 Å². The van der Waals surface area contributed by atoms with Gasteiger partial charge in [0.15, 0.2) is 0 Å². The summed E-state index contributed by atoms with van der Waals surface area (Å²) >= 11 is 0. The molecule has 0 heterocycles. The van der Waals surface area contributed by atoms with E-state index in [1.807, 2.05) is 0 Å². The van der Waals surface area contributed by atoms with Crippen molar-refractivity contribution < 1.29 is 19.7 Å². The summed E-state index contributed by atoms with van der Waals surface area (Å²) in [6.45, 7) is 11.1. The van der Waals surface area contributed by atoms with Gasteiger partial charge in [-0.2, -0.15) is 0 Å². The highest BCUT2D eigenvalue weighted by molar-refractivity contribution is 5.50. The molecule has 4 heteroatoms. The van der Waals surface area contributed by atoms with Crippen molar-refractivity contribution in [3.8, 4) is 11.5 Å². The summed E-state index contributed by atoms with van der Waals surface area (Å²) in [5.74, 6) is 2.02.